The van der Waals surface area contributed by atoms with E-state index >= 15 is 0 Å². The van der Waals surface area contributed by atoms with Crippen molar-refractivity contribution in [3.63, 3.8) is 0 Å². The van der Waals surface area contributed by atoms with Crippen LogP contribution < -0.4 is 9.64 Å². The summed E-state index contributed by atoms with van der Waals surface area (Å²) in [5, 5.41) is 0. The molecule has 2 aromatic rings. The fraction of sp³-hybridized carbons (Fsp3) is 0.400. The second kappa shape index (κ2) is 8.00. The Balaban J connectivity index is 1.51. The van der Waals surface area contributed by atoms with Gasteiger partial charge < -0.3 is 9.64 Å². The highest BCUT2D eigenvalue weighted by atomic mass is 16.5. The summed E-state index contributed by atoms with van der Waals surface area (Å²) in [5.41, 5.74) is 2.63. The molecular weight excluding hydrogens is 270 g/mol. The van der Waals surface area contributed by atoms with Crippen LogP contribution in [0.1, 0.15) is 36.8 Å². The van der Waals surface area contributed by atoms with Crippen molar-refractivity contribution in [2.75, 3.05) is 13.1 Å². The number of rotatable bonds is 5. The Kier molecular flexibility index (Phi) is 5.49. The monoisotopic (exact) mass is 296 g/mol. The van der Waals surface area contributed by atoms with E-state index in [1.54, 1.807) is 4.90 Å². The summed E-state index contributed by atoms with van der Waals surface area (Å²) in [6.45, 7) is 4.44. The molecule has 0 aromatic heterocycles. The lowest BCUT2D eigenvalue weighted by Crippen LogP contribution is -3.10. The molecule has 0 aliphatic carbocycles. The van der Waals surface area contributed by atoms with Gasteiger partial charge in [0.1, 0.15) is 18.9 Å². The quantitative estimate of drug-likeness (QED) is 0.894. The Hall–Kier alpha value is -1.80. The SMILES string of the molecule is c1ccc(COc2ccc(C[NH+]3CCCCCC3)cc2)cc1. The third kappa shape index (κ3) is 4.60. The van der Waals surface area contributed by atoms with Gasteiger partial charge in [0.2, 0.25) is 0 Å². The second-order valence-electron chi connectivity index (χ2n) is 6.26. The van der Waals surface area contributed by atoms with E-state index in [0.717, 1.165) is 12.3 Å². The molecule has 2 aromatic carbocycles. The van der Waals surface area contributed by atoms with Crippen LogP contribution in [0.3, 0.4) is 0 Å². The van der Waals surface area contributed by atoms with Crippen LogP contribution in [0.25, 0.3) is 0 Å². The highest BCUT2D eigenvalue weighted by Gasteiger charge is 2.12. The van der Waals surface area contributed by atoms with E-state index in [9.17, 15) is 0 Å². The van der Waals surface area contributed by atoms with Gasteiger partial charge in [-0.05, 0) is 55.5 Å². The zero-order chi connectivity index (χ0) is 15.0. The minimum atomic E-state index is 0.636. The van der Waals surface area contributed by atoms with Crippen molar-refractivity contribution in [3.05, 3.63) is 65.7 Å². The average molecular weight is 296 g/mol. The molecular formula is C20H26NO+. The molecule has 3 rings (SSSR count). The molecule has 2 heteroatoms. The van der Waals surface area contributed by atoms with Crippen LogP contribution in [0.5, 0.6) is 5.75 Å². The molecule has 0 atom stereocenters. The Morgan fingerprint density at radius 2 is 1.41 bits per heavy atom. The van der Waals surface area contributed by atoms with Gasteiger partial charge >= 0.3 is 0 Å². The van der Waals surface area contributed by atoms with E-state index < -0.39 is 0 Å². The second-order valence-corrected chi connectivity index (χ2v) is 6.26. The number of nitrogens with one attached hydrogen (secondary N) is 1. The zero-order valence-corrected chi connectivity index (χ0v) is 13.3. The van der Waals surface area contributed by atoms with Crippen LogP contribution in [0, 0.1) is 0 Å². The molecule has 1 N–H and O–H groups in total. The lowest BCUT2D eigenvalue weighted by molar-refractivity contribution is -0.913. The number of benzene rings is 2. The lowest BCUT2D eigenvalue weighted by atomic mass is 10.2. The van der Waals surface area contributed by atoms with Crippen molar-refractivity contribution < 1.29 is 9.64 Å². The first-order chi connectivity index (χ1) is 10.9. The number of hydrogen-bond acceptors (Lipinski definition) is 1. The number of likely N-dealkylation sites (tertiary alicyclic amines) is 1. The van der Waals surface area contributed by atoms with Crippen molar-refractivity contribution in [1.29, 1.82) is 0 Å². The molecule has 0 bridgehead atoms. The molecule has 1 heterocycles. The molecule has 22 heavy (non-hydrogen) atoms. The Morgan fingerprint density at radius 1 is 0.727 bits per heavy atom. The highest BCUT2D eigenvalue weighted by molar-refractivity contribution is 5.27. The molecule has 1 saturated heterocycles. The zero-order valence-electron chi connectivity index (χ0n) is 13.3. The number of ether oxygens (including phenoxy) is 1. The summed E-state index contributed by atoms with van der Waals surface area (Å²) >= 11 is 0. The normalized spacial score (nSPS) is 16.2. The molecule has 0 spiro atoms. The topological polar surface area (TPSA) is 13.7 Å². The standard InChI is InChI=1S/C20H25NO/c1-2-7-15-21(14-6-1)16-18-10-12-20(13-11-18)22-17-19-8-4-3-5-9-19/h3-5,8-13H,1-2,6-7,14-17H2/p+1. The third-order valence-corrected chi connectivity index (χ3v) is 4.44. The van der Waals surface area contributed by atoms with E-state index in [0.29, 0.717) is 6.61 Å². The summed E-state index contributed by atoms with van der Waals surface area (Å²) in [7, 11) is 0. The molecule has 2 nitrogen and oxygen atoms in total. The van der Waals surface area contributed by atoms with Crippen molar-refractivity contribution in [3.8, 4) is 5.75 Å². The molecule has 1 aliphatic heterocycles. The molecule has 1 fully saturated rings. The van der Waals surface area contributed by atoms with Crippen LogP contribution in [-0.2, 0) is 13.2 Å². The molecule has 1 aliphatic rings. The fourth-order valence-electron chi connectivity index (χ4n) is 3.14. The van der Waals surface area contributed by atoms with Crippen molar-refractivity contribution in [1.82, 2.24) is 0 Å². The van der Waals surface area contributed by atoms with E-state index in [-0.39, 0.29) is 0 Å². The first kappa shape index (κ1) is 15.1. The van der Waals surface area contributed by atoms with Gasteiger partial charge in [-0.2, -0.15) is 0 Å². The van der Waals surface area contributed by atoms with Gasteiger partial charge in [0.05, 0.1) is 13.1 Å². The first-order valence-corrected chi connectivity index (χ1v) is 8.49. The average Bonchev–Trinajstić information content (AvgIpc) is 2.84. The molecule has 0 saturated carbocycles. The summed E-state index contributed by atoms with van der Waals surface area (Å²) in [4.78, 5) is 1.73. The molecule has 0 radical (unpaired) electrons. The van der Waals surface area contributed by atoms with Crippen molar-refractivity contribution in [2.45, 2.75) is 38.8 Å². The van der Waals surface area contributed by atoms with Gasteiger partial charge in [0.25, 0.3) is 0 Å². The fourth-order valence-corrected chi connectivity index (χ4v) is 3.14. The van der Waals surface area contributed by atoms with Crippen molar-refractivity contribution >= 4 is 0 Å². The van der Waals surface area contributed by atoms with Crippen LogP contribution >= 0.6 is 0 Å². The first-order valence-electron chi connectivity index (χ1n) is 8.49. The minimum absolute atomic E-state index is 0.636. The molecule has 0 unspecified atom stereocenters. The molecule has 0 amide bonds. The lowest BCUT2D eigenvalue weighted by Gasteiger charge is -2.17. The van der Waals surface area contributed by atoms with Crippen LogP contribution in [0.4, 0.5) is 0 Å². The van der Waals surface area contributed by atoms with Gasteiger partial charge in [-0.1, -0.05) is 30.3 Å². The highest BCUT2D eigenvalue weighted by Crippen LogP contribution is 2.14. The summed E-state index contributed by atoms with van der Waals surface area (Å²) in [6.07, 6.45) is 5.59. The van der Waals surface area contributed by atoms with Gasteiger partial charge in [-0.15, -0.1) is 0 Å². The van der Waals surface area contributed by atoms with Gasteiger partial charge in [-0.3, -0.25) is 0 Å². The molecule has 116 valence electrons. The minimum Gasteiger partial charge on any atom is -0.489 e. The van der Waals surface area contributed by atoms with Gasteiger partial charge in [-0.25, -0.2) is 0 Å². The summed E-state index contributed by atoms with van der Waals surface area (Å²) < 4.78 is 5.85. The summed E-state index contributed by atoms with van der Waals surface area (Å²) in [5.74, 6) is 0.957. The van der Waals surface area contributed by atoms with Crippen LogP contribution in [0.15, 0.2) is 54.6 Å². The van der Waals surface area contributed by atoms with Crippen LogP contribution in [0.2, 0.25) is 0 Å². The van der Waals surface area contributed by atoms with E-state index in [4.69, 9.17) is 4.74 Å². The Labute approximate surface area is 133 Å². The van der Waals surface area contributed by atoms with Gasteiger partial charge in [0.15, 0.2) is 0 Å². The van der Waals surface area contributed by atoms with Gasteiger partial charge in [0, 0.05) is 5.56 Å². The van der Waals surface area contributed by atoms with E-state index in [1.807, 2.05) is 18.2 Å². The predicted octanol–water partition coefficient (Wildman–Crippen LogP) is 3.22. The predicted molar refractivity (Wildman–Crippen MR) is 90.1 cm³/mol. The largest absolute Gasteiger partial charge is 0.489 e. The van der Waals surface area contributed by atoms with E-state index in [1.165, 1.54) is 49.9 Å². The maximum atomic E-state index is 5.85. The summed E-state index contributed by atoms with van der Waals surface area (Å²) in [6, 6.07) is 19.0. The van der Waals surface area contributed by atoms with Crippen LogP contribution in [-0.4, -0.2) is 13.1 Å². The Bertz CT molecular complexity index is 542. The van der Waals surface area contributed by atoms with Crippen molar-refractivity contribution in [2.24, 2.45) is 0 Å². The van der Waals surface area contributed by atoms with E-state index in [2.05, 4.69) is 36.4 Å². The third-order valence-electron chi connectivity index (χ3n) is 4.44. The Morgan fingerprint density at radius 3 is 2.09 bits per heavy atom. The smallest absolute Gasteiger partial charge is 0.119 e. The number of hydrogen-bond donors (Lipinski definition) is 1. The maximum absolute atomic E-state index is 5.85. The maximum Gasteiger partial charge on any atom is 0.119 e. The number of quaternary nitrogens is 1.